The molecule has 0 spiro atoms. The molecule has 2 saturated heterocycles. The Kier molecular flexibility index (Phi) is 2.26. The zero-order valence-corrected chi connectivity index (χ0v) is 11.4. The van der Waals surface area contributed by atoms with E-state index in [4.69, 9.17) is 4.74 Å². The molecular weight excluding hydrogens is 310 g/mol. The summed E-state index contributed by atoms with van der Waals surface area (Å²) in [6.45, 7) is 0. The van der Waals surface area contributed by atoms with Gasteiger partial charge in [-0.3, -0.25) is 9.59 Å². The van der Waals surface area contributed by atoms with E-state index in [1.165, 1.54) is 4.90 Å². The molecule has 19 heavy (non-hydrogen) atoms. The van der Waals surface area contributed by atoms with E-state index in [0.29, 0.717) is 5.69 Å². The number of carbonyl (C=O) groups is 2. The Bertz CT molecular complexity index is 597. The van der Waals surface area contributed by atoms with Crippen LogP contribution in [0.25, 0.3) is 0 Å². The predicted octanol–water partition coefficient (Wildman–Crippen LogP) is 1.89. The average molecular weight is 320 g/mol. The van der Waals surface area contributed by atoms with Gasteiger partial charge in [-0.2, -0.15) is 0 Å². The Morgan fingerprint density at radius 2 is 1.58 bits per heavy atom. The molecule has 2 bridgehead atoms. The maximum absolute atomic E-state index is 12.5. The van der Waals surface area contributed by atoms with Crippen LogP contribution in [-0.4, -0.2) is 24.0 Å². The molecule has 0 N–H and O–H groups in total. The molecule has 0 radical (unpaired) electrons. The van der Waals surface area contributed by atoms with Gasteiger partial charge in [0.2, 0.25) is 11.8 Å². The first-order chi connectivity index (χ1) is 9.18. The van der Waals surface area contributed by atoms with Crippen LogP contribution in [0.3, 0.4) is 0 Å². The van der Waals surface area contributed by atoms with Crippen LogP contribution in [0.5, 0.6) is 0 Å². The van der Waals surface area contributed by atoms with Gasteiger partial charge in [0.25, 0.3) is 0 Å². The minimum absolute atomic E-state index is 0.154. The largest absolute Gasteiger partial charge is 0.365 e. The Balaban J connectivity index is 1.79. The molecule has 3 aliphatic rings. The normalized spacial score (nSPS) is 35.3. The van der Waals surface area contributed by atoms with Crippen LogP contribution in [0.1, 0.15) is 0 Å². The fourth-order valence-corrected chi connectivity index (χ4v) is 3.64. The summed E-state index contributed by atoms with van der Waals surface area (Å²) < 4.78 is 6.35. The molecule has 0 aliphatic carbocycles. The third kappa shape index (κ3) is 1.37. The lowest BCUT2D eigenvalue weighted by molar-refractivity contribution is -0.124. The highest BCUT2D eigenvalue weighted by molar-refractivity contribution is 9.10. The number of carbonyl (C=O) groups excluding carboxylic acids is 2. The molecule has 3 heterocycles. The van der Waals surface area contributed by atoms with E-state index in [0.717, 1.165) is 4.47 Å². The van der Waals surface area contributed by atoms with Gasteiger partial charge in [0.15, 0.2) is 0 Å². The predicted molar refractivity (Wildman–Crippen MR) is 71.4 cm³/mol. The van der Waals surface area contributed by atoms with Crippen molar-refractivity contribution in [3.8, 4) is 0 Å². The van der Waals surface area contributed by atoms with Crippen LogP contribution in [0.2, 0.25) is 0 Å². The number of hydrogen-bond donors (Lipinski definition) is 0. The van der Waals surface area contributed by atoms with Gasteiger partial charge in [0.1, 0.15) is 0 Å². The quantitative estimate of drug-likeness (QED) is 0.586. The van der Waals surface area contributed by atoms with Gasteiger partial charge in [-0.25, -0.2) is 4.90 Å². The summed E-state index contributed by atoms with van der Waals surface area (Å²) in [4.78, 5) is 26.3. The second-order valence-electron chi connectivity index (χ2n) is 4.97. The molecule has 3 aliphatic heterocycles. The van der Waals surface area contributed by atoms with Crippen LogP contribution in [0.4, 0.5) is 5.69 Å². The van der Waals surface area contributed by atoms with E-state index in [-0.39, 0.29) is 35.9 Å². The molecule has 5 heteroatoms. The number of ether oxygens (including phenoxy) is 1. The van der Waals surface area contributed by atoms with Gasteiger partial charge >= 0.3 is 0 Å². The Morgan fingerprint density at radius 3 is 2.16 bits per heavy atom. The number of anilines is 1. The van der Waals surface area contributed by atoms with Gasteiger partial charge < -0.3 is 4.74 Å². The lowest BCUT2D eigenvalue weighted by Gasteiger charge is -2.18. The summed E-state index contributed by atoms with van der Waals surface area (Å²) in [5.41, 5.74) is 0.617. The molecule has 2 fully saturated rings. The SMILES string of the molecule is O=C1[C@H]2[C@H](C(=O)N1c1ccccc1Br)[C@H]1C=C[C@H]2O1. The minimum Gasteiger partial charge on any atom is -0.365 e. The standard InChI is InChI=1S/C14H10BrNO3/c15-7-3-1-2-4-8(7)16-13(17)11-9-5-6-10(19-9)12(11)14(16)18/h1-6,9-12H/t9-,10-,11-,12-/m1/s1. The fraction of sp³-hybridized carbons (Fsp3) is 0.286. The van der Waals surface area contributed by atoms with Crippen LogP contribution in [0.15, 0.2) is 40.9 Å². The van der Waals surface area contributed by atoms with Crippen molar-refractivity contribution in [2.75, 3.05) is 4.90 Å². The molecule has 0 saturated carbocycles. The zero-order chi connectivity index (χ0) is 13.1. The topological polar surface area (TPSA) is 46.6 Å². The molecule has 4 atom stereocenters. The number of benzene rings is 1. The van der Waals surface area contributed by atoms with Crippen molar-refractivity contribution >= 4 is 33.4 Å². The van der Waals surface area contributed by atoms with Crippen molar-refractivity contribution in [3.05, 3.63) is 40.9 Å². The van der Waals surface area contributed by atoms with Crippen molar-refractivity contribution in [2.45, 2.75) is 12.2 Å². The van der Waals surface area contributed by atoms with E-state index in [9.17, 15) is 9.59 Å². The average Bonchev–Trinajstić information content (AvgIpc) is 3.06. The summed E-state index contributed by atoms with van der Waals surface area (Å²) in [6, 6.07) is 7.27. The smallest absolute Gasteiger partial charge is 0.240 e. The molecule has 0 unspecified atom stereocenters. The van der Waals surface area contributed by atoms with Gasteiger partial charge in [0.05, 0.1) is 29.7 Å². The van der Waals surface area contributed by atoms with Crippen molar-refractivity contribution in [2.24, 2.45) is 11.8 Å². The zero-order valence-electron chi connectivity index (χ0n) is 9.82. The highest BCUT2D eigenvalue weighted by atomic mass is 79.9. The maximum Gasteiger partial charge on any atom is 0.240 e. The van der Waals surface area contributed by atoms with Gasteiger partial charge in [-0.05, 0) is 28.1 Å². The number of halogens is 1. The molecule has 96 valence electrons. The maximum atomic E-state index is 12.5. The summed E-state index contributed by atoms with van der Waals surface area (Å²) in [7, 11) is 0. The number of rotatable bonds is 1. The monoisotopic (exact) mass is 319 g/mol. The van der Waals surface area contributed by atoms with Crippen molar-refractivity contribution in [1.82, 2.24) is 0 Å². The molecular formula is C14H10BrNO3. The lowest BCUT2D eigenvalue weighted by Crippen LogP contribution is -2.34. The number of fused-ring (bicyclic) bond motifs is 5. The fourth-order valence-electron chi connectivity index (χ4n) is 3.17. The summed E-state index contributed by atoms with van der Waals surface area (Å²) in [5, 5.41) is 0. The Morgan fingerprint density at radius 1 is 1.00 bits per heavy atom. The molecule has 2 amide bonds. The first-order valence-corrected chi connectivity index (χ1v) is 6.94. The molecule has 4 rings (SSSR count). The first-order valence-electron chi connectivity index (χ1n) is 6.14. The number of nitrogens with zero attached hydrogens (tertiary/aromatic N) is 1. The highest BCUT2D eigenvalue weighted by Crippen LogP contribution is 2.47. The highest BCUT2D eigenvalue weighted by Gasteiger charge is 2.61. The van der Waals surface area contributed by atoms with E-state index in [2.05, 4.69) is 15.9 Å². The lowest BCUT2D eigenvalue weighted by atomic mass is 9.85. The van der Waals surface area contributed by atoms with Crippen LogP contribution < -0.4 is 4.90 Å². The van der Waals surface area contributed by atoms with Crippen LogP contribution in [-0.2, 0) is 14.3 Å². The molecule has 0 aromatic heterocycles. The van der Waals surface area contributed by atoms with E-state index in [1.807, 2.05) is 30.4 Å². The number of imide groups is 1. The number of para-hydroxylation sites is 1. The van der Waals surface area contributed by atoms with Crippen LogP contribution in [0, 0.1) is 11.8 Å². The van der Waals surface area contributed by atoms with Gasteiger partial charge in [0, 0.05) is 4.47 Å². The third-order valence-corrected chi connectivity index (χ3v) is 4.67. The van der Waals surface area contributed by atoms with Crippen molar-refractivity contribution in [3.63, 3.8) is 0 Å². The third-order valence-electron chi connectivity index (χ3n) is 4.00. The van der Waals surface area contributed by atoms with Gasteiger partial charge in [-0.1, -0.05) is 24.3 Å². The molecule has 1 aromatic rings. The van der Waals surface area contributed by atoms with Crippen molar-refractivity contribution < 1.29 is 14.3 Å². The van der Waals surface area contributed by atoms with Crippen molar-refractivity contribution in [1.29, 1.82) is 0 Å². The van der Waals surface area contributed by atoms with Gasteiger partial charge in [-0.15, -0.1) is 0 Å². The summed E-state index contributed by atoms with van der Waals surface area (Å²) in [6.07, 6.45) is 3.30. The van der Waals surface area contributed by atoms with E-state index >= 15 is 0 Å². The minimum atomic E-state index is -0.352. The first kappa shape index (κ1) is 11.4. The second-order valence-corrected chi connectivity index (χ2v) is 5.82. The van der Waals surface area contributed by atoms with E-state index < -0.39 is 0 Å². The molecule has 4 nitrogen and oxygen atoms in total. The number of amides is 2. The Hall–Kier alpha value is -1.46. The second kappa shape index (κ2) is 3.77. The van der Waals surface area contributed by atoms with E-state index in [1.54, 1.807) is 6.07 Å². The summed E-state index contributed by atoms with van der Waals surface area (Å²) >= 11 is 3.39. The number of hydrogen-bond acceptors (Lipinski definition) is 3. The molecule has 1 aromatic carbocycles. The Labute approximate surface area is 118 Å². The van der Waals surface area contributed by atoms with Crippen LogP contribution >= 0.6 is 15.9 Å². The summed E-state index contributed by atoms with van der Waals surface area (Å²) in [5.74, 6) is -1.01.